The minimum Gasteiger partial charge on any atom is -0.347 e. The first-order chi connectivity index (χ1) is 6.72. The highest BCUT2D eigenvalue weighted by Crippen LogP contribution is 2.14. The van der Waals surface area contributed by atoms with E-state index < -0.39 is 0 Å². The lowest BCUT2D eigenvalue weighted by Crippen LogP contribution is -2.19. The van der Waals surface area contributed by atoms with Crippen molar-refractivity contribution in [3.8, 4) is 0 Å². The number of thiol groups is 1. The first-order valence-corrected chi connectivity index (χ1v) is 5.99. The fourth-order valence-corrected chi connectivity index (χ4v) is 1.63. The van der Waals surface area contributed by atoms with Gasteiger partial charge in [0.15, 0.2) is 0 Å². The van der Waals surface area contributed by atoms with Crippen molar-refractivity contribution in [2.75, 3.05) is 12.8 Å². The summed E-state index contributed by atoms with van der Waals surface area (Å²) >= 11 is 5.35. The zero-order valence-electron chi connectivity index (χ0n) is 7.99. The van der Waals surface area contributed by atoms with E-state index >= 15 is 0 Å². The van der Waals surface area contributed by atoms with Crippen molar-refractivity contribution in [3.63, 3.8) is 0 Å². The molecular weight excluding hydrogens is 214 g/mol. The van der Waals surface area contributed by atoms with Gasteiger partial charge in [-0.15, -0.1) is 11.8 Å². The first kappa shape index (κ1) is 11.5. The molecule has 0 bridgehead atoms. The largest absolute Gasteiger partial charge is 0.347 e. The summed E-state index contributed by atoms with van der Waals surface area (Å²) in [5, 5.41) is 2.37. The van der Waals surface area contributed by atoms with Crippen LogP contribution in [-0.4, -0.2) is 18.0 Å². The molecule has 0 aromatic heterocycles. The summed E-state index contributed by atoms with van der Waals surface area (Å²) in [4.78, 5) is 11.7. The van der Waals surface area contributed by atoms with Crippen molar-refractivity contribution in [2.45, 2.75) is 11.3 Å². The fraction of sp³-hybridized carbons (Fsp3) is 0.300. The number of thioether (sulfide) groups is 1. The SMILES string of the molecule is CSc1ccc(CCNC(=O)S)cc1. The molecule has 76 valence electrons. The molecule has 0 fully saturated rings. The van der Waals surface area contributed by atoms with Gasteiger partial charge < -0.3 is 5.32 Å². The van der Waals surface area contributed by atoms with Gasteiger partial charge in [0.1, 0.15) is 0 Å². The van der Waals surface area contributed by atoms with Crippen LogP contribution in [0.25, 0.3) is 0 Å². The number of benzene rings is 1. The van der Waals surface area contributed by atoms with Crippen molar-refractivity contribution in [1.29, 1.82) is 0 Å². The van der Waals surface area contributed by atoms with E-state index in [1.165, 1.54) is 10.5 Å². The molecule has 1 amide bonds. The van der Waals surface area contributed by atoms with E-state index in [1.54, 1.807) is 11.8 Å². The summed E-state index contributed by atoms with van der Waals surface area (Å²) < 4.78 is 0. The van der Waals surface area contributed by atoms with Crippen LogP contribution in [0.1, 0.15) is 5.56 Å². The van der Waals surface area contributed by atoms with E-state index in [0.717, 1.165) is 6.42 Å². The monoisotopic (exact) mass is 227 g/mol. The Balaban J connectivity index is 2.40. The zero-order chi connectivity index (χ0) is 10.4. The molecule has 4 heteroatoms. The maximum atomic E-state index is 10.5. The number of nitrogens with one attached hydrogen (secondary N) is 1. The zero-order valence-corrected chi connectivity index (χ0v) is 9.70. The van der Waals surface area contributed by atoms with Gasteiger partial charge in [0.25, 0.3) is 5.24 Å². The third kappa shape index (κ3) is 4.07. The van der Waals surface area contributed by atoms with Gasteiger partial charge in [-0.2, -0.15) is 0 Å². The third-order valence-electron chi connectivity index (χ3n) is 1.85. The Kier molecular flexibility index (Phi) is 4.90. The predicted molar refractivity (Wildman–Crippen MR) is 64.3 cm³/mol. The van der Waals surface area contributed by atoms with Crippen molar-refractivity contribution >= 4 is 29.6 Å². The minimum absolute atomic E-state index is 0.272. The first-order valence-electron chi connectivity index (χ1n) is 4.32. The molecule has 2 nitrogen and oxygen atoms in total. The average Bonchev–Trinajstić information content (AvgIpc) is 2.18. The van der Waals surface area contributed by atoms with Gasteiger partial charge in [-0.1, -0.05) is 24.8 Å². The quantitative estimate of drug-likeness (QED) is 0.611. The number of carbonyl (C=O) groups is 1. The second kappa shape index (κ2) is 5.98. The molecule has 0 saturated heterocycles. The van der Waals surface area contributed by atoms with Gasteiger partial charge in [-0.05, 0) is 30.4 Å². The Labute approximate surface area is 93.9 Å². The molecule has 0 saturated carbocycles. The van der Waals surface area contributed by atoms with E-state index in [2.05, 4.69) is 48.5 Å². The average molecular weight is 227 g/mol. The highest BCUT2D eigenvalue weighted by atomic mass is 32.2. The van der Waals surface area contributed by atoms with Crippen LogP contribution in [-0.2, 0) is 6.42 Å². The molecule has 1 aromatic carbocycles. The van der Waals surface area contributed by atoms with Gasteiger partial charge >= 0.3 is 0 Å². The van der Waals surface area contributed by atoms with E-state index in [1.807, 2.05) is 0 Å². The van der Waals surface area contributed by atoms with Crippen molar-refractivity contribution in [2.24, 2.45) is 0 Å². The van der Waals surface area contributed by atoms with E-state index in [0.29, 0.717) is 6.54 Å². The molecule has 14 heavy (non-hydrogen) atoms. The van der Waals surface area contributed by atoms with Gasteiger partial charge in [0, 0.05) is 11.4 Å². The number of amides is 1. The Morgan fingerprint density at radius 3 is 2.57 bits per heavy atom. The summed E-state index contributed by atoms with van der Waals surface area (Å²) in [6.45, 7) is 0.640. The highest BCUT2D eigenvalue weighted by Gasteiger charge is 1.95. The Bertz CT molecular complexity index is 297. The van der Waals surface area contributed by atoms with Gasteiger partial charge in [0.05, 0.1) is 0 Å². The van der Waals surface area contributed by atoms with Crippen LogP contribution in [0, 0.1) is 0 Å². The van der Waals surface area contributed by atoms with E-state index in [-0.39, 0.29) is 5.24 Å². The molecule has 1 aromatic rings. The standard InChI is InChI=1S/C10H13NOS2/c1-14-9-4-2-8(3-5-9)6-7-11-10(12)13/h2-5H,6-7H2,1H3,(H2,11,12,13). The lowest BCUT2D eigenvalue weighted by atomic mass is 10.1. The number of hydrogen-bond donors (Lipinski definition) is 2. The van der Waals surface area contributed by atoms with Crippen molar-refractivity contribution < 1.29 is 4.79 Å². The second-order valence-electron chi connectivity index (χ2n) is 2.83. The summed E-state index contributed by atoms with van der Waals surface area (Å²) in [6, 6.07) is 8.33. The molecule has 0 spiro atoms. The van der Waals surface area contributed by atoms with Crippen LogP contribution in [0.4, 0.5) is 4.79 Å². The maximum absolute atomic E-state index is 10.5. The predicted octanol–water partition coefficient (Wildman–Crippen LogP) is 2.59. The van der Waals surface area contributed by atoms with E-state index in [4.69, 9.17) is 0 Å². The smallest absolute Gasteiger partial charge is 0.275 e. The highest BCUT2D eigenvalue weighted by molar-refractivity contribution is 7.98. The van der Waals surface area contributed by atoms with E-state index in [9.17, 15) is 4.79 Å². The molecule has 0 radical (unpaired) electrons. The summed E-state index contributed by atoms with van der Waals surface area (Å²) in [5.41, 5.74) is 1.23. The van der Waals surface area contributed by atoms with Crippen molar-refractivity contribution in [3.05, 3.63) is 29.8 Å². The van der Waals surface area contributed by atoms with Crippen LogP contribution in [0.3, 0.4) is 0 Å². The number of rotatable bonds is 4. The van der Waals surface area contributed by atoms with Crippen molar-refractivity contribution in [1.82, 2.24) is 5.32 Å². The molecule has 0 aliphatic heterocycles. The van der Waals surface area contributed by atoms with Gasteiger partial charge in [-0.25, -0.2) is 0 Å². The Morgan fingerprint density at radius 1 is 1.43 bits per heavy atom. The van der Waals surface area contributed by atoms with Crippen LogP contribution in [0.2, 0.25) is 0 Å². The molecule has 0 unspecified atom stereocenters. The Morgan fingerprint density at radius 2 is 2.07 bits per heavy atom. The molecule has 0 heterocycles. The maximum Gasteiger partial charge on any atom is 0.275 e. The molecule has 1 rings (SSSR count). The fourth-order valence-electron chi connectivity index (χ4n) is 1.11. The number of hydrogen-bond acceptors (Lipinski definition) is 2. The van der Waals surface area contributed by atoms with Crippen LogP contribution < -0.4 is 5.32 Å². The lowest BCUT2D eigenvalue weighted by Gasteiger charge is -2.02. The normalized spacial score (nSPS) is 9.86. The third-order valence-corrected chi connectivity index (χ3v) is 2.75. The molecule has 0 atom stereocenters. The molecule has 0 aliphatic rings. The molecular formula is C10H13NOS2. The van der Waals surface area contributed by atoms with Gasteiger partial charge in [-0.3, -0.25) is 4.79 Å². The Hall–Kier alpha value is -0.610. The molecule has 0 aliphatic carbocycles. The summed E-state index contributed by atoms with van der Waals surface area (Å²) in [5.74, 6) is 0. The van der Waals surface area contributed by atoms with Gasteiger partial charge in [0.2, 0.25) is 0 Å². The summed E-state index contributed by atoms with van der Waals surface area (Å²) in [7, 11) is 0. The minimum atomic E-state index is -0.272. The summed E-state index contributed by atoms with van der Waals surface area (Å²) in [6.07, 6.45) is 2.90. The topological polar surface area (TPSA) is 29.1 Å². The molecule has 1 N–H and O–H groups in total. The number of carbonyl (C=O) groups excluding carboxylic acids is 1. The second-order valence-corrected chi connectivity index (χ2v) is 4.12. The van der Waals surface area contributed by atoms with Crippen LogP contribution >= 0.6 is 24.4 Å². The lowest BCUT2D eigenvalue weighted by molar-refractivity contribution is 0.261. The van der Waals surface area contributed by atoms with Crippen LogP contribution in [0.5, 0.6) is 0 Å². The van der Waals surface area contributed by atoms with Crippen LogP contribution in [0.15, 0.2) is 29.2 Å².